The number of aryl methyl sites for hydroxylation is 3. The van der Waals surface area contributed by atoms with Gasteiger partial charge in [0.05, 0.1) is 17.0 Å². The highest BCUT2D eigenvalue weighted by atomic mass is 32.1. The first-order valence-electron chi connectivity index (χ1n) is 9.28. The smallest absolute Gasteiger partial charge is 0.326 e. The van der Waals surface area contributed by atoms with Gasteiger partial charge in [-0.3, -0.25) is 18.7 Å². The van der Waals surface area contributed by atoms with Crippen molar-refractivity contribution in [3.05, 3.63) is 61.8 Å². The van der Waals surface area contributed by atoms with Crippen molar-refractivity contribution in [2.24, 2.45) is 14.1 Å². The van der Waals surface area contributed by atoms with Gasteiger partial charge >= 0.3 is 5.69 Å². The van der Waals surface area contributed by atoms with Crippen LogP contribution < -0.4 is 16.6 Å². The Labute approximate surface area is 175 Å². The molecule has 4 aromatic rings. The first kappa shape index (κ1) is 19.8. The lowest BCUT2D eigenvalue weighted by Gasteiger charge is -2.08. The number of aromatic nitrogens is 5. The summed E-state index contributed by atoms with van der Waals surface area (Å²) in [6.45, 7) is 2.23. The van der Waals surface area contributed by atoms with E-state index in [1.807, 2.05) is 36.6 Å². The van der Waals surface area contributed by atoms with E-state index < -0.39 is 11.2 Å². The van der Waals surface area contributed by atoms with Crippen LogP contribution in [0.5, 0.6) is 0 Å². The zero-order valence-corrected chi connectivity index (χ0v) is 17.6. The van der Waals surface area contributed by atoms with Gasteiger partial charge in [-0.05, 0) is 19.1 Å². The van der Waals surface area contributed by atoms with Crippen LogP contribution in [0.25, 0.3) is 22.4 Å². The van der Waals surface area contributed by atoms with Gasteiger partial charge in [0.1, 0.15) is 0 Å². The highest BCUT2D eigenvalue weighted by Crippen LogP contribution is 2.23. The maximum Gasteiger partial charge on any atom is 0.332 e. The molecule has 30 heavy (non-hydrogen) atoms. The number of rotatable bonds is 5. The van der Waals surface area contributed by atoms with Gasteiger partial charge in [0, 0.05) is 43.7 Å². The minimum Gasteiger partial charge on any atom is -0.326 e. The van der Waals surface area contributed by atoms with E-state index in [1.165, 1.54) is 17.9 Å². The Morgan fingerprint density at radius 2 is 1.87 bits per heavy atom. The molecule has 0 aliphatic carbocycles. The Hall–Kier alpha value is -3.53. The van der Waals surface area contributed by atoms with Crippen molar-refractivity contribution in [3.63, 3.8) is 0 Å². The number of imidazole rings is 1. The normalized spacial score (nSPS) is 11.2. The van der Waals surface area contributed by atoms with E-state index in [2.05, 4.69) is 15.3 Å². The van der Waals surface area contributed by atoms with Gasteiger partial charge in [-0.15, -0.1) is 11.3 Å². The molecule has 0 aliphatic heterocycles. The number of carbonyl (C=O) groups is 1. The maximum absolute atomic E-state index is 12.5. The van der Waals surface area contributed by atoms with E-state index in [-0.39, 0.29) is 18.9 Å². The van der Waals surface area contributed by atoms with Gasteiger partial charge in [0.2, 0.25) is 5.91 Å². The van der Waals surface area contributed by atoms with Gasteiger partial charge in [0.25, 0.3) is 5.56 Å². The van der Waals surface area contributed by atoms with Crippen molar-refractivity contribution in [2.75, 3.05) is 5.32 Å². The number of hydrogen-bond acceptors (Lipinski definition) is 6. The average Bonchev–Trinajstić information content (AvgIpc) is 3.36. The number of carbonyl (C=O) groups excluding carboxylic acids is 1. The standard InChI is InChI=1S/C20H20N6O3S/c1-12-22-15(10-30-12)13-4-6-14(7-5-13)23-16(27)8-9-26-11-21-18-17(26)19(28)25(3)20(29)24(18)2/h4-7,10-11H,8-9H2,1-3H3,(H,23,27). The number of nitrogens with zero attached hydrogens (tertiary/aromatic N) is 5. The maximum atomic E-state index is 12.5. The lowest BCUT2D eigenvalue weighted by Crippen LogP contribution is -2.37. The predicted octanol–water partition coefficient (Wildman–Crippen LogP) is 1.89. The van der Waals surface area contributed by atoms with Crippen LogP contribution in [0.3, 0.4) is 0 Å². The predicted molar refractivity (Wildman–Crippen MR) is 116 cm³/mol. The first-order valence-corrected chi connectivity index (χ1v) is 10.2. The third-order valence-corrected chi connectivity index (χ3v) is 5.65. The van der Waals surface area contributed by atoms with Gasteiger partial charge in [0.15, 0.2) is 11.2 Å². The number of fused-ring (bicyclic) bond motifs is 1. The Bertz CT molecular complexity index is 1360. The zero-order valence-electron chi connectivity index (χ0n) is 16.7. The number of anilines is 1. The molecule has 1 aromatic carbocycles. The van der Waals surface area contributed by atoms with Crippen molar-refractivity contribution in [1.29, 1.82) is 0 Å². The van der Waals surface area contributed by atoms with Gasteiger partial charge in [-0.25, -0.2) is 14.8 Å². The summed E-state index contributed by atoms with van der Waals surface area (Å²) in [4.78, 5) is 45.5. The Kier molecular flexibility index (Phi) is 5.08. The monoisotopic (exact) mass is 424 g/mol. The molecule has 3 aromatic heterocycles. The lowest BCUT2D eigenvalue weighted by atomic mass is 10.1. The van der Waals surface area contributed by atoms with Crippen LogP contribution in [-0.4, -0.2) is 29.6 Å². The number of benzene rings is 1. The molecule has 0 aliphatic rings. The van der Waals surface area contributed by atoms with Crippen LogP contribution in [-0.2, 0) is 25.4 Å². The van der Waals surface area contributed by atoms with Crippen molar-refractivity contribution in [3.8, 4) is 11.3 Å². The van der Waals surface area contributed by atoms with E-state index in [9.17, 15) is 14.4 Å². The molecule has 0 saturated carbocycles. The Morgan fingerprint density at radius 3 is 2.53 bits per heavy atom. The summed E-state index contributed by atoms with van der Waals surface area (Å²) in [6.07, 6.45) is 1.63. The van der Waals surface area contributed by atoms with Crippen molar-refractivity contribution in [1.82, 2.24) is 23.7 Å². The van der Waals surface area contributed by atoms with Crippen LogP contribution in [0.15, 0.2) is 45.6 Å². The molecule has 10 heteroatoms. The second-order valence-corrected chi connectivity index (χ2v) is 8.01. The van der Waals surface area contributed by atoms with E-state index in [1.54, 1.807) is 23.0 Å². The Morgan fingerprint density at radius 1 is 1.13 bits per heavy atom. The summed E-state index contributed by atoms with van der Waals surface area (Å²) in [7, 11) is 2.98. The molecule has 0 fully saturated rings. The van der Waals surface area contributed by atoms with Crippen LogP contribution in [0.1, 0.15) is 11.4 Å². The summed E-state index contributed by atoms with van der Waals surface area (Å²) in [5.74, 6) is -0.184. The molecule has 0 spiro atoms. The van der Waals surface area contributed by atoms with Crippen LogP contribution in [0.2, 0.25) is 0 Å². The summed E-state index contributed by atoms with van der Waals surface area (Å²) < 4.78 is 3.95. The van der Waals surface area contributed by atoms with E-state index in [0.29, 0.717) is 16.9 Å². The number of thiazole rings is 1. The van der Waals surface area contributed by atoms with E-state index in [0.717, 1.165) is 20.8 Å². The molecule has 9 nitrogen and oxygen atoms in total. The van der Waals surface area contributed by atoms with E-state index in [4.69, 9.17) is 0 Å². The number of hydrogen-bond donors (Lipinski definition) is 1. The third kappa shape index (κ3) is 3.57. The molecular weight excluding hydrogens is 404 g/mol. The van der Waals surface area contributed by atoms with Crippen molar-refractivity contribution < 1.29 is 4.79 Å². The summed E-state index contributed by atoms with van der Waals surface area (Å²) in [5, 5.41) is 5.86. The molecule has 3 heterocycles. The average molecular weight is 424 g/mol. The highest BCUT2D eigenvalue weighted by Gasteiger charge is 2.15. The molecular formula is C20H20N6O3S. The number of nitrogens with one attached hydrogen (secondary N) is 1. The molecule has 0 atom stereocenters. The molecule has 1 amide bonds. The third-order valence-electron chi connectivity index (χ3n) is 4.88. The van der Waals surface area contributed by atoms with Crippen molar-refractivity contribution in [2.45, 2.75) is 19.9 Å². The topological polar surface area (TPSA) is 104 Å². The largest absolute Gasteiger partial charge is 0.332 e. The second-order valence-electron chi connectivity index (χ2n) is 6.94. The minimum atomic E-state index is -0.438. The molecule has 0 bridgehead atoms. The molecule has 154 valence electrons. The fourth-order valence-corrected chi connectivity index (χ4v) is 3.85. The summed E-state index contributed by atoms with van der Waals surface area (Å²) in [5.41, 5.74) is 2.32. The Balaban J connectivity index is 1.45. The summed E-state index contributed by atoms with van der Waals surface area (Å²) in [6, 6.07) is 7.50. The SMILES string of the molecule is Cc1nc(-c2ccc(NC(=O)CCn3cnc4c3c(=O)n(C)c(=O)n4C)cc2)cs1. The van der Waals surface area contributed by atoms with Gasteiger partial charge < -0.3 is 9.88 Å². The number of amides is 1. The second kappa shape index (κ2) is 7.71. The first-order chi connectivity index (χ1) is 14.3. The molecule has 1 N–H and O–H groups in total. The minimum absolute atomic E-state index is 0.157. The van der Waals surface area contributed by atoms with Crippen LogP contribution >= 0.6 is 11.3 Å². The quantitative estimate of drug-likeness (QED) is 0.527. The van der Waals surface area contributed by atoms with Gasteiger partial charge in [-0.1, -0.05) is 12.1 Å². The highest BCUT2D eigenvalue weighted by molar-refractivity contribution is 7.09. The molecule has 4 rings (SSSR count). The molecule has 0 saturated heterocycles. The van der Waals surface area contributed by atoms with E-state index >= 15 is 0 Å². The van der Waals surface area contributed by atoms with Gasteiger partial charge in [-0.2, -0.15) is 0 Å². The fourth-order valence-electron chi connectivity index (χ4n) is 3.23. The van der Waals surface area contributed by atoms with Crippen LogP contribution in [0.4, 0.5) is 5.69 Å². The zero-order chi connectivity index (χ0) is 21.4. The van der Waals surface area contributed by atoms with Crippen LogP contribution in [0, 0.1) is 6.92 Å². The molecule has 0 unspecified atom stereocenters. The molecule has 0 radical (unpaired) electrons. The fraction of sp³-hybridized carbons (Fsp3) is 0.250. The van der Waals surface area contributed by atoms with Crippen molar-refractivity contribution >= 4 is 34.1 Å². The lowest BCUT2D eigenvalue weighted by molar-refractivity contribution is -0.116. The summed E-state index contributed by atoms with van der Waals surface area (Å²) >= 11 is 1.59.